The van der Waals surface area contributed by atoms with Crippen molar-refractivity contribution in [3.05, 3.63) is 63.8 Å². The van der Waals surface area contributed by atoms with Gasteiger partial charge < -0.3 is 13.4 Å². The van der Waals surface area contributed by atoms with E-state index in [-0.39, 0.29) is 0 Å². The van der Waals surface area contributed by atoms with Gasteiger partial charge in [-0.1, -0.05) is 12.1 Å². The normalized spacial score (nSPS) is 12.7. The first-order chi connectivity index (χ1) is 12.5. The van der Waals surface area contributed by atoms with E-state index in [2.05, 4.69) is 38.9 Å². The van der Waals surface area contributed by atoms with E-state index >= 15 is 0 Å². The molecule has 0 amide bonds. The van der Waals surface area contributed by atoms with E-state index in [1.54, 1.807) is 0 Å². The van der Waals surface area contributed by atoms with Crippen molar-refractivity contribution in [1.29, 1.82) is 0 Å². The van der Waals surface area contributed by atoms with Crippen LogP contribution in [0.25, 0.3) is 0 Å². The van der Waals surface area contributed by atoms with Crippen LogP contribution in [-0.4, -0.2) is 5.16 Å². The van der Waals surface area contributed by atoms with Crippen molar-refractivity contribution in [2.75, 3.05) is 0 Å². The van der Waals surface area contributed by atoms with Gasteiger partial charge in [0.25, 0.3) is 0 Å². The zero-order chi connectivity index (χ0) is 18.7. The van der Waals surface area contributed by atoms with Crippen LogP contribution in [0.1, 0.15) is 71.0 Å². The highest BCUT2D eigenvalue weighted by Crippen LogP contribution is 2.31. The lowest BCUT2D eigenvalue weighted by atomic mass is 9.90. The van der Waals surface area contributed by atoms with E-state index in [9.17, 15) is 0 Å². The van der Waals surface area contributed by atoms with E-state index < -0.39 is 0 Å². The average molecular weight is 355 g/mol. The Kier molecular flexibility index (Phi) is 5.70. The van der Waals surface area contributed by atoms with E-state index in [1.165, 1.54) is 16.7 Å². The van der Waals surface area contributed by atoms with Crippen molar-refractivity contribution in [2.24, 2.45) is 0 Å². The van der Waals surface area contributed by atoms with Gasteiger partial charge in [0.1, 0.15) is 23.0 Å². The number of aryl methyl sites for hydroxylation is 6. The first-order valence-electron chi connectivity index (χ1n) is 9.52. The van der Waals surface area contributed by atoms with Crippen LogP contribution in [-0.2, 0) is 19.3 Å². The van der Waals surface area contributed by atoms with Crippen molar-refractivity contribution >= 4 is 0 Å². The summed E-state index contributed by atoms with van der Waals surface area (Å²) in [5.74, 6) is 4.47. The largest absolute Gasteiger partial charge is 0.469 e. The second-order valence-electron chi connectivity index (χ2n) is 7.27. The van der Waals surface area contributed by atoms with Gasteiger partial charge in [-0.2, -0.15) is 0 Å². The molecule has 1 atom stereocenters. The number of furan rings is 2. The molecule has 0 radical (unpaired) electrons. The predicted octanol–water partition coefficient (Wildman–Crippen LogP) is 6.01. The zero-order valence-corrected chi connectivity index (χ0v) is 16.5. The molecule has 3 heterocycles. The van der Waals surface area contributed by atoms with E-state index in [0.717, 1.165) is 60.7 Å². The Morgan fingerprint density at radius 3 is 2.35 bits per heavy atom. The standard InChI is InChI=1S/C22H29NO3/c1-6-20-17(5)19(13-24-20)8-7-18(22-15(3)12-23-26-22)9-10-21-14(2)11-16(4)25-21/h11-13,18H,6-10H2,1-5H3. The fourth-order valence-electron chi connectivity index (χ4n) is 3.77. The molecule has 0 N–H and O–H groups in total. The van der Waals surface area contributed by atoms with Gasteiger partial charge >= 0.3 is 0 Å². The third-order valence-electron chi connectivity index (χ3n) is 5.35. The number of rotatable bonds is 8. The third kappa shape index (κ3) is 3.95. The molecule has 140 valence electrons. The summed E-state index contributed by atoms with van der Waals surface area (Å²) < 4.78 is 17.1. The average Bonchev–Trinajstić information content (AvgIpc) is 3.28. The molecule has 0 aliphatic carbocycles. The second-order valence-corrected chi connectivity index (χ2v) is 7.27. The van der Waals surface area contributed by atoms with Crippen LogP contribution in [0.3, 0.4) is 0 Å². The fourth-order valence-corrected chi connectivity index (χ4v) is 3.77. The smallest absolute Gasteiger partial charge is 0.142 e. The van der Waals surface area contributed by atoms with Gasteiger partial charge in [-0.05, 0) is 69.7 Å². The minimum atomic E-state index is 0.321. The van der Waals surface area contributed by atoms with Gasteiger partial charge in [0.05, 0.1) is 12.5 Å². The summed E-state index contributed by atoms with van der Waals surface area (Å²) in [6.45, 7) is 10.5. The van der Waals surface area contributed by atoms with Crippen LogP contribution in [0.4, 0.5) is 0 Å². The Bertz CT molecular complexity index is 853. The maximum atomic E-state index is 5.85. The summed E-state index contributed by atoms with van der Waals surface area (Å²) in [4.78, 5) is 0. The maximum Gasteiger partial charge on any atom is 0.142 e. The van der Waals surface area contributed by atoms with E-state index in [4.69, 9.17) is 13.4 Å². The van der Waals surface area contributed by atoms with Crippen molar-refractivity contribution in [2.45, 2.75) is 72.6 Å². The molecule has 3 aromatic heterocycles. The number of hydrogen-bond donors (Lipinski definition) is 0. The minimum Gasteiger partial charge on any atom is -0.469 e. The Hall–Kier alpha value is -2.23. The first-order valence-corrected chi connectivity index (χ1v) is 9.52. The molecule has 26 heavy (non-hydrogen) atoms. The van der Waals surface area contributed by atoms with E-state index in [0.29, 0.717) is 5.92 Å². The van der Waals surface area contributed by atoms with Crippen molar-refractivity contribution in [1.82, 2.24) is 5.16 Å². The molecule has 0 fully saturated rings. The van der Waals surface area contributed by atoms with Crippen LogP contribution in [0, 0.1) is 27.7 Å². The van der Waals surface area contributed by atoms with Crippen LogP contribution in [0.2, 0.25) is 0 Å². The summed E-state index contributed by atoms with van der Waals surface area (Å²) in [5, 5.41) is 3.99. The highest BCUT2D eigenvalue weighted by Gasteiger charge is 2.21. The molecular formula is C22H29NO3. The number of nitrogens with zero attached hydrogens (tertiary/aromatic N) is 1. The van der Waals surface area contributed by atoms with E-state index in [1.807, 2.05) is 19.4 Å². The lowest BCUT2D eigenvalue weighted by molar-refractivity contribution is 0.340. The lowest BCUT2D eigenvalue weighted by Gasteiger charge is -2.14. The summed E-state index contributed by atoms with van der Waals surface area (Å²) in [6, 6.07) is 2.10. The quantitative estimate of drug-likeness (QED) is 0.497. The second kappa shape index (κ2) is 7.98. The molecule has 0 aromatic carbocycles. The minimum absolute atomic E-state index is 0.321. The monoisotopic (exact) mass is 355 g/mol. The third-order valence-corrected chi connectivity index (χ3v) is 5.35. The molecule has 4 nitrogen and oxygen atoms in total. The van der Waals surface area contributed by atoms with Crippen molar-refractivity contribution in [3.8, 4) is 0 Å². The van der Waals surface area contributed by atoms with Gasteiger partial charge in [0.15, 0.2) is 0 Å². The SMILES string of the molecule is CCc1occ(CCC(CCc2oc(C)cc2C)c2oncc2C)c1C. The van der Waals surface area contributed by atoms with Crippen LogP contribution in [0.15, 0.2) is 31.9 Å². The van der Waals surface area contributed by atoms with Crippen molar-refractivity contribution in [3.63, 3.8) is 0 Å². The van der Waals surface area contributed by atoms with Crippen LogP contribution < -0.4 is 0 Å². The Morgan fingerprint density at radius 1 is 1.00 bits per heavy atom. The molecule has 0 aliphatic rings. The van der Waals surface area contributed by atoms with Gasteiger partial charge in [0.2, 0.25) is 0 Å². The molecule has 1 unspecified atom stereocenters. The summed E-state index contributed by atoms with van der Waals surface area (Å²) in [5.41, 5.74) is 4.95. The summed E-state index contributed by atoms with van der Waals surface area (Å²) >= 11 is 0. The predicted molar refractivity (Wildman–Crippen MR) is 102 cm³/mol. The van der Waals surface area contributed by atoms with Gasteiger partial charge in [-0.15, -0.1) is 0 Å². The molecule has 0 bridgehead atoms. The Balaban J connectivity index is 1.72. The molecule has 0 saturated carbocycles. The molecule has 0 saturated heterocycles. The summed E-state index contributed by atoms with van der Waals surface area (Å²) in [6.07, 6.45) is 8.56. The van der Waals surface area contributed by atoms with Gasteiger partial charge in [-0.3, -0.25) is 0 Å². The van der Waals surface area contributed by atoms with Crippen LogP contribution in [0.5, 0.6) is 0 Å². The maximum absolute atomic E-state index is 5.85. The molecular weight excluding hydrogens is 326 g/mol. The number of hydrogen-bond acceptors (Lipinski definition) is 4. The van der Waals surface area contributed by atoms with Crippen LogP contribution >= 0.6 is 0 Å². The fraction of sp³-hybridized carbons (Fsp3) is 0.500. The zero-order valence-electron chi connectivity index (χ0n) is 16.5. The van der Waals surface area contributed by atoms with Gasteiger partial charge in [-0.25, -0.2) is 0 Å². The molecule has 3 aromatic rings. The lowest BCUT2D eigenvalue weighted by Crippen LogP contribution is -2.04. The van der Waals surface area contributed by atoms with Gasteiger partial charge in [0, 0.05) is 24.3 Å². The highest BCUT2D eigenvalue weighted by atomic mass is 16.5. The Labute approximate surface area is 155 Å². The first kappa shape index (κ1) is 18.6. The molecule has 0 spiro atoms. The molecule has 3 rings (SSSR count). The topological polar surface area (TPSA) is 52.3 Å². The molecule has 0 aliphatic heterocycles. The highest BCUT2D eigenvalue weighted by molar-refractivity contribution is 5.27. The molecule has 4 heteroatoms. The summed E-state index contributed by atoms with van der Waals surface area (Å²) in [7, 11) is 0. The number of aromatic nitrogens is 1. The van der Waals surface area contributed by atoms with Crippen molar-refractivity contribution < 1.29 is 13.4 Å². The Morgan fingerprint density at radius 2 is 1.77 bits per heavy atom.